The molecule has 1 amide bonds. The average Bonchev–Trinajstić information content (AvgIpc) is 2.97. The quantitative estimate of drug-likeness (QED) is 0.666. The molecule has 2 rings (SSSR count). The second-order valence-electron chi connectivity index (χ2n) is 5.37. The van der Waals surface area contributed by atoms with Crippen molar-refractivity contribution in [3.63, 3.8) is 0 Å². The van der Waals surface area contributed by atoms with Crippen LogP contribution in [-0.4, -0.2) is 41.4 Å². The van der Waals surface area contributed by atoms with Crippen LogP contribution in [0.4, 0.5) is 5.69 Å². The Morgan fingerprint density at radius 3 is 2.86 bits per heavy atom. The van der Waals surface area contributed by atoms with Crippen molar-refractivity contribution in [2.75, 3.05) is 19.6 Å². The van der Waals surface area contributed by atoms with Crippen molar-refractivity contribution in [3.8, 4) is 0 Å². The fourth-order valence-corrected chi connectivity index (χ4v) is 2.82. The molecule has 1 unspecified atom stereocenters. The Kier molecular flexibility index (Phi) is 4.90. The molecule has 0 saturated carbocycles. The first-order valence-electron chi connectivity index (χ1n) is 7.32. The largest absolute Gasteiger partial charge is 0.334 e. The SMILES string of the molecule is CCCN(C(=O)c1c(C)cccc1[N+](=O)[O-])C1CCNC1. The number of nitro groups is 1. The molecule has 1 aliphatic heterocycles. The number of hydrogen-bond donors (Lipinski definition) is 1. The van der Waals surface area contributed by atoms with Crippen LogP contribution in [0.2, 0.25) is 0 Å². The summed E-state index contributed by atoms with van der Waals surface area (Å²) in [4.78, 5) is 25.4. The van der Waals surface area contributed by atoms with Gasteiger partial charge in [0, 0.05) is 25.2 Å². The first-order valence-corrected chi connectivity index (χ1v) is 7.32. The lowest BCUT2D eigenvalue weighted by atomic mass is 10.0. The van der Waals surface area contributed by atoms with E-state index >= 15 is 0 Å². The van der Waals surface area contributed by atoms with Crippen LogP contribution in [0, 0.1) is 17.0 Å². The number of nitrogens with zero attached hydrogens (tertiary/aromatic N) is 2. The van der Waals surface area contributed by atoms with E-state index in [0.717, 1.165) is 25.9 Å². The number of aryl methyl sites for hydroxylation is 1. The zero-order valence-corrected chi connectivity index (χ0v) is 12.5. The minimum Gasteiger partial charge on any atom is -0.334 e. The zero-order chi connectivity index (χ0) is 15.4. The summed E-state index contributed by atoms with van der Waals surface area (Å²) in [6.07, 6.45) is 1.73. The third kappa shape index (κ3) is 3.21. The second-order valence-corrected chi connectivity index (χ2v) is 5.37. The predicted molar refractivity (Wildman–Crippen MR) is 80.4 cm³/mol. The summed E-state index contributed by atoms with van der Waals surface area (Å²) in [5.74, 6) is -0.227. The fraction of sp³-hybridized carbons (Fsp3) is 0.533. The minimum absolute atomic E-state index is 0.105. The van der Waals surface area contributed by atoms with Crippen molar-refractivity contribution in [2.45, 2.75) is 32.7 Å². The van der Waals surface area contributed by atoms with Gasteiger partial charge in [-0.3, -0.25) is 14.9 Å². The third-order valence-electron chi connectivity index (χ3n) is 3.86. The van der Waals surface area contributed by atoms with Crippen molar-refractivity contribution >= 4 is 11.6 Å². The third-order valence-corrected chi connectivity index (χ3v) is 3.86. The Morgan fingerprint density at radius 1 is 1.52 bits per heavy atom. The Labute approximate surface area is 124 Å². The molecule has 114 valence electrons. The van der Waals surface area contributed by atoms with E-state index in [1.807, 2.05) is 6.92 Å². The molecule has 6 heteroatoms. The lowest BCUT2D eigenvalue weighted by molar-refractivity contribution is -0.385. The van der Waals surface area contributed by atoms with E-state index in [1.165, 1.54) is 6.07 Å². The maximum absolute atomic E-state index is 12.9. The molecule has 1 aliphatic rings. The summed E-state index contributed by atoms with van der Waals surface area (Å²) in [5.41, 5.74) is 0.774. The molecule has 1 aromatic rings. The number of carbonyl (C=O) groups is 1. The molecular formula is C15H21N3O3. The van der Waals surface area contributed by atoms with E-state index in [4.69, 9.17) is 0 Å². The Hall–Kier alpha value is -1.95. The van der Waals surface area contributed by atoms with Crippen molar-refractivity contribution in [2.24, 2.45) is 0 Å². The van der Waals surface area contributed by atoms with E-state index < -0.39 is 4.92 Å². The van der Waals surface area contributed by atoms with Crippen molar-refractivity contribution in [1.82, 2.24) is 10.2 Å². The molecular weight excluding hydrogens is 270 g/mol. The molecule has 0 bridgehead atoms. The number of hydrogen-bond acceptors (Lipinski definition) is 4. The van der Waals surface area contributed by atoms with Gasteiger partial charge in [-0.15, -0.1) is 0 Å². The van der Waals surface area contributed by atoms with E-state index in [-0.39, 0.29) is 23.2 Å². The van der Waals surface area contributed by atoms with Crippen LogP contribution in [0.3, 0.4) is 0 Å². The van der Waals surface area contributed by atoms with E-state index in [2.05, 4.69) is 5.32 Å². The van der Waals surface area contributed by atoms with Gasteiger partial charge < -0.3 is 10.2 Å². The predicted octanol–water partition coefficient (Wildman–Crippen LogP) is 2.12. The summed E-state index contributed by atoms with van der Waals surface area (Å²) < 4.78 is 0. The molecule has 0 aromatic heterocycles. The zero-order valence-electron chi connectivity index (χ0n) is 12.5. The van der Waals surface area contributed by atoms with Crippen LogP contribution in [0.1, 0.15) is 35.7 Å². The normalized spacial score (nSPS) is 17.7. The number of carbonyl (C=O) groups excluding carboxylic acids is 1. The highest BCUT2D eigenvalue weighted by atomic mass is 16.6. The van der Waals surface area contributed by atoms with Gasteiger partial charge in [-0.2, -0.15) is 0 Å². The maximum Gasteiger partial charge on any atom is 0.282 e. The molecule has 6 nitrogen and oxygen atoms in total. The highest BCUT2D eigenvalue weighted by Crippen LogP contribution is 2.25. The van der Waals surface area contributed by atoms with Crippen LogP contribution >= 0.6 is 0 Å². The van der Waals surface area contributed by atoms with Gasteiger partial charge in [-0.05, 0) is 31.9 Å². The molecule has 1 N–H and O–H groups in total. The topological polar surface area (TPSA) is 75.5 Å². The molecule has 0 radical (unpaired) electrons. The average molecular weight is 291 g/mol. The summed E-state index contributed by atoms with van der Waals surface area (Å²) in [6.45, 7) is 6.02. The molecule has 1 saturated heterocycles. The van der Waals surface area contributed by atoms with Crippen molar-refractivity contribution < 1.29 is 9.72 Å². The Morgan fingerprint density at radius 2 is 2.29 bits per heavy atom. The van der Waals surface area contributed by atoms with Gasteiger partial charge in [0.2, 0.25) is 0 Å². The maximum atomic E-state index is 12.9. The van der Waals surface area contributed by atoms with Crippen LogP contribution in [0.5, 0.6) is 0 Å². The van der Waals surface area contributed by atoms with Gasteiger partial charge in [0.05, 0.1) is 4.92 Å². The number of amides is 1. The van der Waals surface area contributed by atoms with Gasteiger partial charge in [-0.1, -0.05) is 19.1 Å². The van der Waals surface area contributed by atoms with Gasteiger partial charge in [0.15, 0.2) is 0 Å². The molecule has 1 fully saturated rings. The van der Waals surface area contributed by atoms with E-state index in [9.17, 15) is 14.9 Å². The van der Waals surface area contributed by atoms with Gasteiger partial charge >= 0.3 is 0 Å². The lowest BCUT2D eigenvalue weighted by Crippen LogP contribution is -2.42. The van der Waals surface area contributed by atoms with Crippen LogP contribution in [0.15, 0.2) is 18.2 Å². The first-order chi connectivity index (χ1) is 10.1. The highest BCUT2D eigenvalue weighted by Gasteiger charge is 2.31. The standard InChI is InChI=1S/C15H21N3O3/c1-3-9-17(12-7-8-16-10-12)15(19)14-11(2)5-4-6-13(14)18(20)21/h4-6,12,16H,3,7-10H2,1-2H3. The molecule has 21 heavy (non-hydrogen) atoms. The molecule has 1 aromatic carbocycles. The monoisotopic (exact) mass is 291 g/mol. The van der Waals surface area contributed by atoms with Crippen molar-refractivity contribution in [3.05, 3.63) is 39.4 Å². The summed E-state index contributed by atoms with van der Waals surface area (Å²) >= 11 is 0. The van der Waals surface area contributed by atoms with Crippen LogP contribution in [0.25, 0.3) is 0 Å². The Bertz CT molecular complexity index is 539. The summed E-state index contributed by atoms with van der Waals surface area (Å²) in [7, 11) is 0. The number of rotatable bonds is 5. The van der Waals surface area contributed by atoms with E-state index in [0.29, 0.717) is 12.1 Å². The van der Waals surface area contributed by atoms with Crippen LogP contribution < -0.4 is 5.32 Å². The molecule has 1 atom stereocenters. The second kappa shape index (κ2) is 6.67. The first kappa shape index (κ1) is 15.4. The highest BCUT2D eigenvalue weighted by molar-refractivity contribution is 5.99. The van der Waals surface area contributed by atoms with Gasteiger partial charge in [-0.25, -0.2) is 0 Å². The lowest BCUT2D eigenvalue weighted by Gasteiger charge is -2.28. The minimum atomic E-state index is -0.475. The summed E-state index contributed by atoms with van der Waals surface area (Å²) in [5, 5.41) is 14.4. The van der Waals surface area contributed by atoms with Crippen LogP contribution in [-0.2, 0) is 0 Å². The summed E-state index contributed by atoms with van der Waals surface area (Å²) in [6, 6.07) is 4.89. The molecule has 1 heterocycles. The Balaban J connectivity index is 2.38. The van der Waals surface area contributed by atoms with Crippen molar-refractivity contribution in [1.29, 1.82) is 0 Å². The van der Waals surface area contributed by atoms with Gasteiger partial charge in [0.1, 0.15) is 5.56 Å². The number of nitro benzene ring substituents is 1. The van der Waals surface area contributed by atoms with E-state index in [1.54, 1.807) is 24.0 Å². The number of benzene rings is 1. The van der Waals surface area contributed by atoms with Gasteiger partial charge in [0.25, 0.3) is 11.6 Å². The fourth-order valence-electron chi connectivity index (χ4n) is 2.82. The molecule has 0 spiro atoms. The number of nitrogens with one attached hydrogen (secondary N) is 1. The molecule has 0 aliphatic carbocycles. The smallest absolute Gasteiger partial charge is 0.282 e.